The second-order valence-corrected chi connectivity index (χ2v) is 3.91. The molecule has 1 aromatic heterocycles. The molecule has 1 aliphatic rings. The molecule has 15 heavy (non-hydrogen) atoms. The number of hydrogen-bond acceptors (Lipinski definition) is 3. The highest BCUT2D eigenvalue weighted by Gasteiger charge is 2.29. The Balaban J connectivity index is 2.45. The predicted molar refractivity (Wildman–Crippen MR) is 60.1 cm³/mol. The average Bonchev–Trinajstić information content (AvgIpc) is 2.17. The number of hydrogen-bond donors (Lipinski definition) is 1. The first kappa shape index (κ1) is 9.96. The number of rotatable bonds is 1. The van der Waals surface area contributed by atoms with Crippen LogP contribution in [0.2, 0.25) is 0 Å². The molecule has 2 rings (SSSR count). The molecule has 1 atom stereocenters. The van der Waals surface area contributed by atoms with Crippen molar-refractivity contribution in [3.63, 3.8) is 0 Å². The Kier molecular flexibility index (Phi) is 2.34. The number of anilines is 2. The molecule has 0 radical (unpaired) electrons. The lowest BCUT2D eigenvalue weighted by Gasteiger charge is -2.33. The summed E-state index contributed by atoms with van der Waals surface area (Å²) in [5.74, 6) is 0.909. The van der Waals surface area contributed by atoms with E-state index in [1.807, 2.05) is 38.1 Å². The molecule has 80 valence electrons. The molecule has 0 saturated carbocycles. The van der Waals surface area contributed by atoms with E-state index in [2.05, 4.69) is 10.3 Å². The van der Waals surface area contributed by atoms with E-state index in [1.54, 1.807) is 0 Å². The lowest BCUT2D eigenvalue weighted by Crippen LogP contribution is -2.46. The maximum atomic E-state index is 11.7. The highest BCUT2D eigenvalue weighted by atomic mass is 16.2. The fourth-order valence-electron chi connectivity index (χ4n) is 1.93. The summed E-state index contributed by atoms with van der Waals surface area (Å²) in [6, 6.07) is 1.84. The Hall–Kier alpha value is -1.58. The summed E-state index contributed by atoms with van der Waals surface area (Å²) in [5, 5.41) is 2.89. The van der Waals surface area contributed by atoms with Gasteiger partial charge in [-0.2, -0.15) is 0 Å². The molecular weight excluding hydrogens is 190 g/mol. The summed E-state index contributed by atoms with van der Waals surface area (Å²) >= 11 is 0. The molecule has 1 unspecified atom stereocenters. The predicted octanol–water partition coefficient (Wildman–Crippen LogP) is 1.56. The Labute approximate surface area is 89.3 Å². The van der Waals surface area contributed by atoms with Crippen molar-refractivity contribution in [2.45, 2.75) is 26.3 Å². The van der Waals surface area contributed by atoms with E-state index in [1.165, 1.54) is 0 Å². The minimum absolute atomic E-state index is 0.0555. The largest absolute Gasteiger partial charge is 0.346 e. The number of amides is 1. The third-order valence-corrected chi connectivity index (χ3v) is 2.75. The van der Waals surface area contributed by atoms with Crippen LogP contribution in [0.25, 0.3) is 0 Å². The van der Waals surface area contributed by atoms with Gasteiger partial charge in [0.1, 0.15) is 6.04 Å². The number of fused-ring (bicyclic) bond motifs is 1. The van der Waals surface area contributed by atoms with Gasteiger partial charge in [-0.3, -0.25) is 4.79 Å². The number of aryl methyl sites for hydroxylation is 1. The van der Waals surface area contributed by atoms with Crippen LogP contribution in [0.15, 0.2) is 12.3 Å². The number of nitrogens with zero attached hydrogens (tertiary/aromatic N) is 2. The molecule has 0 bridgehead atoms. The molecule has 0 aliphatic carbocycles. The highest BCUT2D eigenvalue weighted by Crippen LogP contribution is 2.29. The van der Waals surface area contributed by atoms with Gasteiger partial charge >= 0.3 is 0 Å². The highest BCUT2D eigenvalue weighted by molar-refractivity contribution is 6.02. The van der Waals surface area contributed by atoms with Crippen molar-refractivity contribution >= 4 is 17.4 Å². The minimum atomic E-state index is -0.104. The fourth-order valence-corrected chi connectivity index (χ4v) is 1.93. The average molecular weight is 205 g/mol. The van der Waals surface area contributed by atoms with Crippen molar-refractivity contribution < 1.29 is 4.79 Å². The molecule has 0 aromatic carbocycles. The Morgan fingerprint density at radius 3 is 3.00 bits per heavy atom. The standard InChI is InChI=1S/C11H15N3O/c1-4-9-11(15)13-8-5-7(2)6-12-10(8)14(9)3/h5-6,9H,4H2,1-3H3,(H,13,15). The van der Waals surface area contributed by atoms with Crippen LogP contribution >= 0.6 is 0 Å². The molecule has 4 heteroatoms. The zero-order chi connectivity index (χ0) is 11.0. The zero-order valence-electron chi connectivity index (χ0n) is 9.24. The van der Waals surface area contributed by atoms with Gasteiger partial charge in [-0.15, -0.1) is 0 Å². The van der Waals surface area contributed by atoms with Crippen molar-refractivity contribution in [3.8, 4) is 0 Å². The quantitative estimate of drug-likeness (QED) is 0.756. The summed E-state index contributed by atoms with van der Waals surface area (Å²) in [6.07, 6.45) is 2.61. The van der Waals surface area contributed by atoms with Gasteiger partial charge in [0.05, 0.1) is 5.69 Å². The Morgan fingerprint density at radius 1 is 1.60 bits per heavy atom. The van der Waals surface area contributed by atoms with Crippen molar-refractivity contribution in [2.75, 3.05) is 17.3 Å². The Morgan fingerprint density at radius 2 is 2.33 bits per heavy atom. The van der Waals surface area contributed by atoms with Crippen LogP contribution in [-0.2, 0) is 4.79 Å². The van der Waals surface area contributed by atoms with E-state index in [4.69, 9.17) is 0 Å². The van der Waals surface area contributed by atoms with Crippen LogP contribution in [0.3, 0.4) is 0 Å². The van der Waals surface area contributed by atoms with Gasteiger partial charge in [-0.05, 0) is 25.0 Å². The molecule has 1 amide bonds. The summed E-state index contributed by atoms with van der Waals surface area (Å²) < 4.78 is 0. The summed E-state index contributed by atoms with van der Waals surface area (Å²) in [7, 11) is 1.91. The number of nitrogens with one attached hydrogen (secondary N) is 1. The van der Waals surface area contributed by atoms with E-state index < -0.39 is 0 Å². The second-order valence-electron chi connectivity index (χ2n) is 3.91. The van der Waals surface area contributed by atoms with Gasteiger partial charge in [0.2, 0.25) is 5.91 Å². The van der Waals surface area contributed by atoms with Gasteiger partial charge in [0, 0.05) is 13.2 Å². The number of likely N-dealkylation sites (N-methyl/N-ethyl adjacent to an activating group) is 1. The van der Waals surface area contributed by atoms with Gasteiger partial charge in [0.15, 0.2) is 5.82 Å². The van der Waals surface area contributed by atoms with Crippen LogP contribution in [0.5, 0.6) is 0 Å². The SMILES string of the molecule is CCC1C(=O)Nc2cc(C)cnc2N1C. The van der Waals surface area contributed by atoms with E-state index in [0.717, 1.165) is 23.5 Å². The normalized spacial score (nSPS) is 19.8. The summed E-state index contributed by atoms with van der Waals surface area (Å²) in [5.41, 5.74) is 1.87. The first-order chi connectivity index (χ1) is 7.13. The molecule has 1 aliphatic heterocycles. The third kappa shape index (κ3) is 1.56. The lowest BCUT2D eigenvalue weighted by atomic mass is 10.1. The second kappa shape index (κ2) is 3.53. The third-order valence-electron chi connectivity index (χ3n) is 2.75. The van der Waals surface area contributed by atoms with Gasteiger partial charge in [0.25, 0.3) is 0 Å². The zero-order valence-corrected chi connectivity index (χ0v) is 9.24. The van der Waals surface area contributed by atoms with Crippen LogP contribution in [-0.4, -0.2) is 24.0 Å². The van der Waals surface area contributed by atoms with Crippen molar-refractivity contribution in [1.82, 2.24) is 4.98 Å². The van der Waals surface area contributed by atoms with E-state index in [-0.39, 0.29) is 11.9 Å². The lowest BCUT2D eigenvalue weighted by molar-refractivity contribution is -0.117. The number of pyridine rings is 1. The topological polar surface area (TPSA) is 45.2 Å². The van der Waals surface area contributed by atoms with Crippen molar-refractivity contribution in [2.24, 2.45) is 0 Å². The van der Waals surface area contributed by atoms with Crippen LogP contribution < -0.4 is 10.2 Å². The van der Waals surface area contributed by atoms with Crippen LogP contribution in [0.1, 0.15) is 18.9 Å². The molecular formula is C11H15N3O. The number of carbonyl (C=O) groups excluding carboxylic acids is 1. The fraction of sp³-hybridized carbons (Fsp3) is 0.455. The first-order valence-corrected chi connectivity index (χ1v) is 5.14. The maximum Gasteiger partial charge on any atom is 0.247 e. The maximum absolute atomic E-state index is 11.7. The minimum Gasteiger partial charge on any atom is -0.346 e. The van der Waals surface area contributed by atoms with Crippen molar-refractivity contribution in [3.05, 3.63) is 17.8 Å². The summed E-state index contributed by atoms with van der Waals surface area (Å²) in [6.45, 7) is 3.96. The van der Waals surface area contributed by atoms with Crippen LogP contribution in [0.4, 0.5) is 11.5 Å². The van der Waals surface area contributed by atoms with E-state index in [9.17, 15) is 4.79 Å². The molecule has 1 N–H and O–H groups in total. The molecule has 4 nitrogen and oxygen atoms in total. The molecule has 0 spiro atoms. The van der Waals surface area contributed by atoms with Crippen LogP contribution in [0, 0.1) is 6.92 Å². The summed E-state index contributed by atoms with van der Waals surface area (Å²) in [4.78, 5) is 18.0. The van der Waals surface area contributed by atoms with Gasteiger partial charge < -0.3 is 10.2 Å². The first-order valence-electron chi connectivity index (χ1n) is 5.14. The molecule has 0 fully saturated rings. The van der Waals surface area contributed by atoms with Crippen molar-refractivity contribution in [1.29, 1.82) is 0 Å². The molecule has 2 heterocycles. The van der Waals surface area contributed by atoms with E-state index in [0.29, 0.717) is 0 Å². The van der Waals surface area contributed by atoms with Gasteiger partial charge in [-0.1, -0.05) is 6.92 Å². The van der Waals surface area contributed by atoms with E-state index >= 15 is 0 Å². The Bertz CT molecular complexity index is 403. The number of aromatic nitrogens is 1. The molecule has 1 aromatic rings. The molecule has 0 saturated heterocycles. The smallest absolute Gasteiger partial charge is 0.247 e. The number of carbonyl (C=O) groups is 1. The van der Waals surface area contributed by atoms with Gasteiger partial charge in [-0.25, -0.2) is 4.98 Å². The monoisotopic (exact) mass is 205 g/mol.